The molecule has 0 heterocycles. The van der Waals surface area contributed by atoms with Gasteiger partial charge in [-0.15, -0.1) is 0 Å². The summed E-state index contributed by atoms with van der Waals surface area (Å²) < 4.78 is 10.2. The second kappa shape index (κ2) is 7.33. The molecular weight excluding hydrogens is 270 g/mol. The van der Waals surface area contributed by atoms with E-state index in [0.717, 1.165) is 0 Å². The van der Waals surface area contributed by atoms with Gasteiger partial charge >= 0.3 is 5.97 Å². The first-order valence-corrected chi connectivity index (χ1v) is 6.14. The smallest absolute Gasteiger partial charge is 0.325 e. The Morgan fingerprint density at radius 2 is 2.16 bits per heavy atom. The molecule has 0 aliphatic heterocycles. The molecule has 1 aromatic rings. The van der Waals surface area contributed by atoms with Crippen LogP contribution >= 0.6 is 11.6 Å². The number of hydrogen-bond acceptors (Lipinski definition) is 4. The van der Waals surface area contributed by atoms with Crippen LogP contribution in [0.15, 0.2) is 18.2 Å². The van der Waals surface area contributed by atoms with Crippen LogP contribution in [-0.4, -0.2) is 50.4 Å². The van der Waals surface area contributed by atoms with Crippen molar-refractivity contribution >= 4 is 17.6 Å². The Bertz CT molecular complexity index is 439. The van der Waals surface area contributed by atoms with Gasteiger partial charge in [-0.3, -0.25) is 9.69 Å². The standard InChI is InChI=1S/C13H18ClNO4/c1-15(6-7-18-2)12(13(16)17)10-8-9(14)4-5-11(10)19-3/h4-5,8,12H,6-7H2,1-3H3,(H,16,17)/t12-/m1/s1. The number of nitrogens with zero attached hydrogens (tertiary/aromatic N) is 1. The molecule has 0 bridgehead atoms. The Balaban J connectivity index is 3.11. The summed E-state index contributed by atoms with van der Waals surface area (Å²) in [6.45, 7) is 0.937. The van der Waals surface area contributed by atoms with E-state index in [1.165, 1.54) is 7.11 Å². The van der Waals surface area contributed by atoms with Crippen LogP contribution in [0.1, 0.15) is 11.6 Å². The summed E-state index contributed by atoms with van der Waals surface area (Å²) in [5.74, 6) is -0.458. The fourth-order valence-electron chi connectivity index (χ4n) is 1.84. The second-order valence-corrected chi connectivity index (χ2v) is 4.54. The molecule has 106 valence electrons. The summed E-state index contributed by atoms with van der Waals surface area (Å²) in [6, 6.07) is 4.11. The van der Waals surface area contributed by atoms with Gasteiger partial charge in [-0.25, -0.2) is 0 Å². The first kappa shape index (κ1) is 15.8. The molecule has 0 amide bonds. The lowest BCUT2D eigenvalue weighted by Gasteiger charge is -2.26. The van der Waals surface area contributed by atoms with Crippen molar-refractivity contribution in [2.24, 2.45) is 0 Å². The van der Waals surface area contributed by atoms with Crippen molar-refractivity contribution in [3.63, 3.8) is 0 Å². The molecule has 0 spiro atoms. The van der Waals surface area contributed by atoms with Crippen LogP contribution in [-0.2, 0) is 9.53 Å². The Kier molecular flexibility index (Phi) is 6.08. The van der Waals surface area contributed by atoms with Gasteiger partial charge in [-0.05, 0) is 25.2 Å². The minimum Gasteiger partial charge on any atom is -0.496 e. The highest BCUT2D eigenvalue weighted by Gasteiger charge is 2.27. The Labute approximate surface area is 117 Å². The van der Waals surface area contributed by atoms with Gasteiger partial charge in [0.1, 0.15) is 11.8 Å². The topological polar surface area (TPSA) is 59.0 Å². The molecule has 1 atom stereocenters. The quantitative estimate of drug-likeness (QED) is 0.832. The number of likely N-dealkylation sites (N-methyl/N-ethyl adjacent to an activating group) is 1. The van der Waals surface area contributed by atoms with Crippen LogP contribution in [0.5, 0.6) is 5.75 Å². The van der Waals surface area contributed by atoms with Crippen molar-refractivity contribution in [3.8, 4) is 5.75 Å². The summed E-state index contributed by atoms with van der Waals surface area (Å²) in [4.78, 5) is 13.2. The maximum atomic E-state index is 11.5. The predicted molar refractivity (Wildman–Crippen MR) is 72.9 cm³/mol. The van der Waals surface area contributed by atoms with E-state index in [9.17, 15) is 9.90 Å². The monoisotopic (exact) mass is 287 g/mol. The van der Waals surface area contributed by atoms with Crippen molar-refractivity contribution in [3.05, 3.63) is 28.8 Å². The molecule has 19 heavy (non-hydrogen) atoms. The minimum absolute atomic E-state index is 0.448. The fourth-order valence-corrected chi connectivity index (χ4v) is 2.02. The van der Waals surface area contributed by atoms with Gasteiger partial charge in [0, 0.05) is 24.2 Å². The van der Waals surface area contributed by atoms with E-state index < -0.39 is 12.0 Å². The lowest BCUT2D eigenvalue weighted by molar-refractivity contribution is -0.143. The lowest BCUT2D eigenvalue weighted by atomic mass is 10.0. The number of benzene rings is 1. The third-order valence-corrected chi connectivity index (χ3v) is 3.04. The molecule has 0 unspecified atom stereocenters. The van der Waals surface area contributed by atoms with E-state index in [0.29, 0.717) is 29.5 Å². The zero-order valence-corrected chi connectivity index (χ0v) is 12.0. The number of methoxy groups -OCH3 is 2. The van der Waals surface area contributed by atoms with Gasteiger partial charge < -0.3 is 14.6 Å². The van der Waals surface area contributed by atoms with E-state index >= 15 is 0 Å². The molecule has 1 rings (SSSR count). The molecule has 5 nitrogen and oxygen atoms in total. The molecule has 0 fully saturated rings. The van der Waals surface area contributed by atoms with E-state index in [1.807, 2.05) is 0 Å². The molecule has 0 saturated heterocycles. The summed E-state index contributed by atoms with van der Waals surface area (Å²) in [7, 11) is 4.79. The van der Waals surface area contributed by atoms with E-state index in [4.69, 9.17) is 21.1 Å². The second-order valence-electron chi connectivity index (χ2n) is 4.10. The first-order valence-electron chi connectivity index (χ1n) is 5.76. The van der Waals surface area contributed by atoms with Crippen LogP contribution in [0.4, 0.5) is 0 Å². The van der Waals surface area contributed by atoms with E-state index in [2.05, 4.69) is 0 Å². The Hall–Kier alpha value is -1.30. The molecule has 0 radical (unpaired) electrons. The van der Waals surface area contributed by atoms with Crippen LogP contribution in [0.3, 0.4) is 0 Å². The van der Waals surface area contributed by atoms with Crippen LogP contribution in [0, 0.1) is 0 Å². The van der Waals surface area contributed by atoms with Crippen molar-refractivity contribution in [2.75, 3.05) is 34.4 Å². The highest BCUT2D eigenvalue weighted by atomic mass is 35.5. The third kappa shape index (κ3) is 4.09. The van der Waals surface area contributed by atoms with Crippen LogP contribution in [0.25, 0.3) is 0 Å². The number of carboxylic acid groups (broad SMARTS) is 1. The zero-order chi connectivity index (χ0) is 14.4. The zero-order valence-electron chi connectivity index (χ0n) is 11.2. The number of carbonyl (C=O) groups is 1. The Morgan fingerprint density at radius 3 is 2.68 bits per heavy atom. The average Bonchev–Trinajstić information content (AvgIpc) is 2.36. The molecule has 1 aromatic carbocycles. The molecule has 6 heteroatoms. The average molecular weight is 288 g/mol. The van der Waals surface area contributed by atoms with Gasteiger partial charge in [-0.2, -0.15) is 0 Å². The summed E-state index contributed by atoms with van der Waals surface area (Å²) in [6.07, 6.45) is 0. The van der Waals surface area contributed by atoms with Crippen LogP contribution in [0.2, 0.25) is 5.02 Å². The molecular formula is C13H18ClNO4. The number of rotatable bonds is 7. The van der Waals surface area contributed by atoms with Gasteiger partial charge in [-0.1, -0.05) is 11.6 Å². The molecule has 0 aliphatic rings. The lowest BCUT2D eigenvalue weighted by Crippen LogP contribution is -2.33. The van der Waals surface area contributed by atoms with Gasteiger partial charge in [0.25, 0.3) is 0 Å². The van der Waals surface area contributed by atoms with E-state index in [1.54, 1.807) is 37.3 Å². The van der Waals surface area contributed by atoms with Gasteiger partial charge in [0.2, 0.25) is 0 Å². The Morgan fingerprint density at radius 1 is 1.47 bits per heavy atom. The maximum Gasteiger partial charge on any atom is 0.325 e. The highest BCUT2D eigenvalue weighted by Crippen LogP contribution is 2.31. The molecule has 0 aliphatic carbocycles. The predicted octanol–water partition coefficient (Wildman–Crippen LogP) is 2.05. The first-order chi connectivity index (χ1) is 9.01. The van der Waals surface area contributed by atoms with Crippen LogP contribution < -0.4 is 4.74 Å². The van der Waals surface area contributed by atoms with Crippen molar-refractivity contribution < 1.29 is 19.4 Å². The van der Waals surface area contributed by atoms with E-state index in [-0.39, 0.29) is 0 Å². The molecule has 0 saturated carbocycles. The minimum atomic E-state index is -0.959. The maximum absolute atomic E-state index is 11.5. The van der Waals surface area contributed by atoms with Crippen molar-refractivity contribution in [1.82, 2.24) is 4.90 Å². The molecule has 1 N–H and O–H groups in total. The summed E-state index contributed by atoms with van der Waals surface area (Å²) in [5.41, 5.74) is 0.529. The van der Waals surface area contributed by atoms with Gasteiger partial charge in [0.15, 0.2) is 0 Å². The normalized spacial score (nSPS) is 12.5. The summed E-state index contributed by atoms with van der Waals surface area (Å²) in [5, 5.41) is 9.90. The van der Waals surface area contributed by atoms with Crippen molar-refractivity contribution in [1.29, 1.82) is 0 Å². The largest absolute Gasteiger partial charge is 0.496 e. The van der Waals surface area contributed by atoms with Gasteiger partial charge in [0.05, 0.1) is 13.7 Å². The number of halogens is 1. The third-order valence-electron chi connectivity index (χ3n) is 2.81. The number of hydrogen-bond donors (Lipinski definition) is 1. The number of aliphatic carboxylic acids is 1. The number of ether oxygens (including phenoxy) is 2. The summed E-state index contributed by atoms with van der Waals surface area (Å²) >= 11 is 5.94. The SMILES string of the molecule is COCCN(C)[C@@H](C(=O)O)c1cc(Cl)ccc1OC. The molecule has 0 aromatic heterocycles. The highest BCUT2D eigenvalue weighted by molar-refractivity contribution is 6.30. The number of carboxylic acids is 1. The fraction of sp³-hybridized carbons (Fsp3) is 0.462. The van der Waals surface area contributed by atoms with Crippen molar-refractivity contribution in [2.45, 2.75) is 6.04 Å².